The summed E-state index contributed by atoms with van der Waals surface area (Å²) in [4.78, 5) is 15.5. The Kier molecular flexibility index (Phi) is 4.75. The predicted molar refractivity (Wildman–Crippen MR) is 81.1 cm³/mol. The fourth-order valence-electron chi connectivity index (χ4n) is 1.84. The second-order valence-corrected chi connectivity index (χ2v) is 5.95. The van der Waals surface area contributed by atoms with Crippen LogP contribution in [-0.4, -0.2) is 24.3 Å². The first-order valence-electron chi connectivity index (χ1n) is 6.10. The first-order chi connectivity index (χ1) is 9.08. The Hall–Kier alpha value is -1.16. The van der Waals surface area contributed by atoms with Crippen LogP contribution in [0.1, 0.15) is 28.2 Å². The molecule has 0 fully saturated rings. The highest BCUT2D eigenvalue weighted by molar-refractivity contribution is 7.10. The van der Waals surface area contributed by atoms with Crippen molar-refractivity contribution in [3.8, 4) is 0 Å². The molecule has 1 aromatic heterocycles. The Morgan fingerprint density at radius 2 is 2.00 bits per heavy atom. The van der Waals surface area contributed by atoms with Crippen LogP contribution in [0.5, 0.6) is 0 Å². The van der Waals surface area contributed by atoms with Crippen LogP contribution < -0.4 is 0 Å². The van der Waals surface area contributed by atoms with Gasteiger partial charge in [-0.2, -0.15) is 0 Å². The van der Waals surface area contributed by atoms with E-state index < -0.39 is 0 Å². The van der Waals surface area contributed by atoms with Crippen LogP contribution >= 0.6 is 22.9 Å². The van der Waals surface area contributed by atoms with Crippen LogP contribution in [-0.2, 0) is 0 Å². The summed E-state index contributed by atoms with van der Waals surface area (Å²) in [7, 11) is 1.97. The van der Waals surface area contributed by atoms with Crippen molar-refractivity contribution < 1.29 is 4.79 Å². The van der Waals surface area contributed by atoms with Crippen molar-refractivity contribution in [1.82, 2.24) is 4.90 Å². The van der Waals surface area contributed by atoms with Gasteiger partial charge in [0, 0.05) is 21.5 Å². The highest BCUT2D eigenvalue weighted by atomic mass is 35.5. The Morgan fingerprint density at radius 1 is 1.32 bits per heavy atom. The van der Waals surface area contributed by atoms with Crippen molar-refractivity contribution in [1.29, 1.82) is 0 Å². The molecule has 2 aromatic rings. The highest BCUT2D eigenvalue weighted by Gasteiger charge is 2.16. The van der Waals surface area contributed by atoms with E-state index in [1.807, 2.05) is 13.1 Å². The van der Waals surface area contributed by atoms with E-state index in [1.54, 1.807) is 35.6 Å². The van der Waals surface area contributed by atoms with Gasteiger partial charge in [0.25, 0.3) is 0 Å². The van der Waals surface area contributed by atoms with Gasteiger partial charge in [-0.15, -0.1) is 11.3 Å². The molecule has 100 valence electrons. The van der Waals surface area contributed by atoms with Crippen LogP contribution in [0.2, 0.25) is 5.02 Å². The van der Waals surface area contributed by atoms with Crippen LogP contribution in [0.15, 0.2) is 41.8 Å². The van der Waals surface area contributed by atoms with E-state index in [1.165, 1.54) is 4.88 Å². The molecule has 0 spiro atoms. The lowest BCUT2D eigenvalue weighted by Crippen LogP contribution is -2.28. The van der Waals surface area contributed by atoms with Crippen molar-refractivity contribution >= 4 is 28.7 Å². The average molecular weight is 294 g/mol. The largest absolute Gasteiger partial charge is 0.293 e. The number of halogens is 1. The lowest BCUT2D eigenvalue weighted by Gasteiger charge is -2.22. The molecular formula is C15H16ClNOS. The second-order valence-electron chi connectivity index (χ2n) is 4.54. The first-order valence-corrected chi connectivity index (χ1v) is 7.36. The number of hydrogen-bond acceptors (Lipinski definition) is 3. The molecule has 0 saturated heterocycles. The van der Waals surface area contributed by atoms with Gasteiger partial charge in [-0.3, -0.25) is 9.69 Å². The molecule has 19 heavy (non-hydrogen) atoms. The molecule has 1 heterocycles. The van der Waals surface area contributed by atoms with Crippen molar-refractivity contribution in [3.63, 3.8) is 0 Å². The lowest BCUT2D eigenvalue weighted by atomic mass is 10.1. The summed E-state index contributed by atoms with van der Waals surface area (Å²) in [5, 5.41) is 2.71. The molecular weight excluding hydrogens is 278 g/mol. The van der Waals surface area contributed by atoms with Gasteiger partial charge < -0.3 is 0 Å². The normalized spacial score (nSPS) is 12.6. The summed E-state index contributed by atoms with van der Waals surface area (Å²) in [6.45, 7) is 2.52. The zero-order valence-corrected chi connectivity index (χ0v) is 12.5. The number of thiophene rings is 1. The number of hydrogen-bond donors (Lipinski definition) is 0. The van der Waals surface area contributed by atoms with E-state index in [2.05, 4.69) is 23.3 Å². The van der Waals surface area contributed by atoms with Gasteiger partial charge in [-0.05, 0) is 49.7 Å². The molecule has 0 bridgehead atoms. The third-order valence-electron chi connectivity index (χ3n) is 3.18. The average Bonchev–Trinajstić information content (AvgIpc) is 2.92. The number of Topliss-reactive ketones (excluding diaryl/α,β-unsaturated/α-hetero) is 1. The van der Waals surface area contributed by atoms with Gasteiger partial charge in [0.15, 0.2) is 5.78 Å². The van der Waals surface area contributed by atoms with Crippen molar-refractivity contribution in [2.24, 2.45) is 0 Å². The minimum Gasteiger partial charge on any atom is -0.293 e. The second kappa shape index (κ2) is 6.33. The standard InChI is InChI=1S/C15H16ClNOS/c1-11(15-4-3-9-19-15)17(2)10-14(18)12-5-7-13(16)8-6-12/h3-9,11H,10H2,1-2H3. The molecule has 0 saturated carbocycles. The van der Waals surface area contributed by atoms with Gasteiger partial charge in [0.05, 0.1) is 6.54 Å². The van der Waals surface area contributed by atoms with E-state index >= 15 is 0 Å². The summed E-state index contributed by atoms with van der Waals surface area (Å²) in [5.41, 5.74) is 0.703. The zero-order chi connectivity index (χ0) is 13.8. The SMILES string of the molecule is CC(c1cccs1)N(C)CC(=O)c1ccc(Cl)cc1. The minimum atomic E-state index is 0.113. The van der Waals surface area contributed by atoms with E-state index in [0.29, 0.717) is 17.1 Å². The zero-order valence-electron chi connectivity index (χ0n) is 11.0. The predicted octanol–water partition coefficient (Wildman–Crippen LogP) is 4.28. The number of carbonyl (C=O) groups excluding carboxylic acids is 1. The fourth-order valence-corrected chi connectivity index (χ4v) is 2.81. The quantitative estimate of drug-likeness (QED) is 0.767. The van der Waals surface area contributed by atoms with Crippen LogP contribution in [0.3, 0.4) is 0 Å². The highest BCUT2D eigenvalue weighted by Crippen LogP contribution is 2.23. The monoisotopic (exact) mass is 293 g/mol. The van der Waals surface area contributed by atoms with Gasteiger partial charge in [-0.25, -0.2) is 0 Å². The van der Waals surface area contributed by atoms with E-state index in [0.717, 1.165) is 0 Å². The topological polar surface area (TPSA) is 20.3 Å². The minimum absolute atomic E-state index is 0.113. The number of ketones is 1. The fraction of sp³-hybridized carbons (Fsp3) is 0.267. The molecule has 0 aliphatic rings. The molecule has 2 nitrogen and oxygen atoms in total. The summed E-state index contributed by atoms with van der Waals surface area (Å²) in [6.07, 6.45) is 0. The summed E-state index contributed by atoms with van der Waals surface area (Å²) < 4.78 is 0. The molecule has 0 aliphatic carbocycles. The number of carbonyl (C=O) groups is 1. The van der Waals surface area contributed by atoms with Crippen LogP contribution in [0.4, 0.5) is 0 Å². The molecule has 0 amide bonds. The van der Waals surface area contributed by atoms with Gasteiger partial charge in [0.2, 0.25) is 0 Å². The summed E-state index contributed by atoms with van der Waals surface area (Å²) in [5.74, 6) is 0.113. The lowest BCUT2D eigenvalue weighted by molar-refractivity contribution is 0.0926. The Labute approximate surface area is 122 Å². The molecule has 4 heteroatoms. The van der Waals surface area contributed by atoms with E-state index in [-0.39, 0.29) is 11.8 Å². The third kappa shape index (κ3) is 3.66. The van der Waals surface area contributed by atoms with Crippen molar-refractivity contribution in [3.05, 3.63) is 57.2 Å². The van der Waals surface area contributed by atoms with Crippen molar-refractivity contribution in [2.45, 2.75) is 13.0 Å². The molecule has 0 aliphatic heterocycles. The molecule has 1 atom stereocenters. The van der Waals surface area contributed by atoms with Gasteiger partial charge in [-0.1, -0.05) is 17.7 Å². The maximum atomic E-state index is 12.2. The molecule has 0 radical (unpaired) electrons. The maximum Gasteiger partial charge on any atom is 0.176 e. The first kappa shape index (κ1) is 14.3. The molecule has 2 rings (SSSR count). The number of benzene rings is 1. The van der Waals surface area contributed by atoms with E-state index in [4.69, 9.17) is 11.6 Å². The Morgan fingerprint density at radius 3 is 2.58 bits per heavy atom. The summed E-state index contributed by atoms with van der Waals surface area (Å²) in [6, 6.07) is 11.4. The number of likely N-dealkylation sites (N-methyl/N-ethyl adjacent to an activating group) is 1. The summed E-state index contributed by atoms with van der Waals surface area (Å²) >= 11 is 7.53. The maximum absolute atomic E-state index is 12.2. The number of rotatable bonds is 5. The van der Waals surface area contributed by atoms with Crippen LogP contribution in [0, 0.1) is 0 Å². The Bertz CT molecular complexity index is 536. The third-order valence-corrected chi connectivity index (χ3v) is 4.47. The van der Waals surface area contributed by atoms with Gasteiger partial charge >= 0.3 is 0 Å². The van der Waals surface area contributed by atoms with Gasteiger partial charge in [0.1, 0.15) is 0 Å². The smallest absolute Gasteiger partial charge is 0.176 e. The molecule has 0 N–H and O–H groups in total. The van der Waals surface area contributed by atoms with Crippen LogP contribution in [0.25, 0.3) is 0 Å². The van der Waals surface area contributed by atoms with E-state index in [9.17, 15) is 4.79 Å². The Balaban J connectivity index is 2.00. The molecule has 1 aromatic carbocycles. The van der Waals surface area contributed by atoms with Crippen molar-refractivity contribution in [2.75, 3.05) is 13.6 Å². The molecule has 1 unspecified atom stereocenters. The number of nitrogens with zero attached hydrogens (tertiary/aromatic N) is 1.